The Kier molecular flexibility index (Phi) is 5.37. The average Bonchev–Trinajstić information content (AvgIpc) is 2.96. The molecule has 3 rings (SSSR count). The fourth-order valence-electron chi connectivity index (χ4n) is 3.62. The van der Waals surface area contributed by atoms with Gasteiger partial charge in [0.2, 0.25) is 0 Å². The van der Waals surface area contributed by atoms with Gasteiger partial charge >= 0.3 is 6.03 Å². The number of piperidine rings is 1. The maximum atomic E-state index is 12.8. The number of hydrogen-bond donors (Lipinski definition) is 2. The number of urea groups is 1. The van der Waals surface area contributed by atoms with Crippen molar-refractivity contribution in [2.75, 3.05) is 18.4 Å². The van der Waals surface area contributed by atoms with Gasteiger partial charge in [-0.1, -0.05) is 19.3 Å². The molecule has 7 heteroatoms. The summed E-state index contributed by atoms with van der Waals surface area (Å²) in [5, 5.41) is 9.99. The lowest BCUT2D eigenvalue weighted by molar-refractivity contribution is 0.0714. The molecule has 3 amide bonds. The number of carbonyl (C=O) groups excluding carboxylic acids is 2. The molecule has 1 aromatic rings. The molecule has 1 aromatic heterocycles. The smallest absolute Gasteiger partial charge is 0.319 e. The number of nitrogens with one attached hydrogen (secondary N) is 2. The van der Waals surface area contributed by atoms with E-state index in [1.54, 1.807) is 17.9 Å². The summed E-state index contributed by atoms with van der Waals surface area (Å²) in [5.74, 6) is -0.0531. The molecule has 0 bridgehead atoms. The molecule has 2 fully saturated rings. The Labute approximate surface area is 142 Å². The van der Waals surface area contributed by atoms with Crippen molar-refractivity contribution in [3.63, 3.8) is 0 Å². The fraction of sp³-hybridized carbons (Fsp3) is 0.706. The van der Waals surface area contributed by atoms with Crippen LogP contribution in [0.3, 0.4) is 0 Å². The van der Waals surface area contributed by atoms with Crippen LogP contribution in [0.15, 0.2) is 6.20 Å². The van der Waals surface area contributed by atoms with Crippen LogP contribution in [0.5, 0.6) is 0 Å². The van der Waals surface area contributed by atoms with Crippen molar-refractivity contribution in [3.05, 3.63) is 11.9 Å². The predicted octanol–water partition coefficient (Wildman–Crippen LogP) is 2.50. The molecule has 1 aliphatic heterocycles. The molecule has 0 radical (unpaired) electrons. The maximum absolute atomic E-state index is 12.8. The van der Waals surface area contributed by atoms with Gasteiger partial charge in [0.25, 0.3) is 5.91 Å². The molecule has 1 saturated heterocycles. The molecule has 1 aliphatic carbocycles. The SMILES string of the molecule is Cn1ncc(NC(=O)NC2CCCCC2)c1C(=O)N1CCCCC1. The Hall–Kier alpha value is -2.05. The van der Waals surface area contributed by atoms with Gasteiger partial charge in [-0.25, -0.2) is 4.79 Å². The third-order valence-corrected chi connectivity index (χ3v) is 4.97. The zero-order chi connectivity index (χ0) is 16.9. The van der Waals surface area contributed by atoms with Crippen LogP contribution in [0.25, 0.3) is 0 Å². The fourth-order valence-corrected chi connectivity index (χ4v) is 3.62. The molecule has 7 nitrogen and oxygen atoms in total. The van der Waals surface area contributed by atoms with Crippen LogP contribution in [0.2, 0.25) is 0 Å². The van der Waals surface area contributed by atoms with E-state index in [1.807, 2.05) is 4.90 Å². The van der Waals surface area contributed by atoms with Crippen LogP contribution >= 0.6 is 0 Å². The van der Waals surface area contributed by atoms with Crippen LogP contribution in [-0.4, -0.2) is 45.8 Å². The third-order valence-electron chi connectivity index (χ3n) is 4.97. The average molecular weight is 333 g/mol. The Bertz CT molecular complexity index is 586. The van der Waals surface area contributed by atoms with Crippen molar-refractivity contribution in [3.8, 4) is 0 Å². The van der Waals surface area contributed by atoms with Crippen molar-refractivity contribution < 1.29 is 9.59 Å². The largest absolute Gasteiger partial charge is 0.337 e. The monoisotopic (exact) mass is 333 g/mol. The number of aromatic nitrogens is 2. The van der Waals surface area contributed by atoms with Gasteiger partial charge < -0.3 is 15.5 Å². The van der Waals surface area contributed by atoms with E-state index in [1.165, 1.54) is 12.8 Å². The second-order valence-electron chi connectivity index (χ2n) is 6.82. The highest BCUT2D eigenvalue weighted by Crippen LogP contribution is 2.20. The minimum absolute atomic E-state index is 0.0531. The zero-order valence-electron chi connectivity index (χ0n) is 14.4. The number of hydrogen-bond acceptors (Lipinski definition) is 3. The summed E-state index contributed by atoms with van der Waals surface area (Å²) in [5.41, 5.74) is 0.942. The molecule has 0 atom stereocenters. The van der Waals surface area contributed by atoms with Crippen LogP contribution in [0.4, 0.5) is 10.5 Å². The lowest BCUT2D eigenvalue weighted by atomic mass is 9.96. The zero-order valence-corrected chi connectivity index (χ0v) is 14.4. The first-order valence-corrected chi connectivity index (χ1v) is 9.04. The Morgan fingerprint density at radius 3 is 2.46 bits per heavy atom. The lowest BCUT2D eigenvalue weighted by Crippen LogP contribution is -2.40. The first-order chi connectivity index (χ1) is 11.6. The number of rotatable bonds is 3. The van der Waals surface area contributed by atoms with E-state index in [0.717, 1.165) is 51.6 Å². The molecule has 0 aromatic carbocycles. The first kappa shape index (κ1) is 16.8. The molecular weight excluding hydrogens is 306 g/mol. The van der Waals surface area contributed by atoms with E-state index in [4.69, 9.17) is 0 Å². The summed E-state index contributed by atoms with van der Waals surface area (Å²) in [6, 6.07) is -0.0146. The normalized spacial score (nSPS) is 19.1. The number of anilines is 1. The van der Waals surface area contributed by atoms with Crippen LogP contribution in [-0.2, 0) is 7.05 Å². The van der Waals surface area contributed by atoms with Gasteiger partial charge in [-0.3, -0.25) is 9.48 Å². The van der Waals surface area contributed by atoms with Gasteiger partial charge in [0.05, 0.1) is 11.9 Å². The number of carbonyl (C=O) groups is 2. The number of aryl methyl sites for hydroxylation is 1. The van der Waals surface area contributed by atoms with Crippen molar-refractivity contribution >= 4 is 17.6 Å². The lowest BCUT2D eigenvalue weighted by Gasteiger charge is -2.27. The van der Waals surface area contributed by atoms with Gasteiger partial charge in [-0.15, -0.1) is 0 Å². The number of amides is 3. The second kappa shape index (κ2) is 7.68. The van der Waals surface area contributed by atoms with E-state index in [2.05, 4.69) is 15.7 Å². The van der Waals surface area contributed by atoms with Crippen LogP contribution < -0.4 is 10.6 Å². The number of nitrogens with zero attached hydrogens (tertiary/aromatic N) is 3. The van der Waals surface area contributed by atoms with E-state index >= 15 is 0 Å². The molecule has 24 heavy (non-hydrogen) atoms. The summed E-state index contributed by atoms with van der Waals surface area (Å²) in [7, 11) is 1.74. The van der Waals surface area contributed by atoms with Crippen LogP contribution in [0.1, 0.15) is 61.9 Å². The first-order valence-electron chi connectivity index (χ1n) is 9.04. The summed E-state index contributed by atoms with van der Waals surface area (Å²) in [6.07, 6.45) is 10.4. The Balaban J connectivity index is 1.65. The van der Waals surface area contributed by atoms with Crippen molar-refractivity contribution in [2.45, 2.75) is 57.4 Å². The molecule has 1 saturated carbocycles. The summed E-state index contributed by atoms with van der Waals surface area (Å²) in [4.78, 5) is 26.9. The molecule has 132 valence electrons. The summed E-state index contributed by atoms with van der Waals surface area (Å²) in [6.45, 7) is 1.55. The van der Waals surface area contributed by atoms with E-state index in [9.17, 15) is 9.59 Å². The number of likely N-dealkylation sites (tertiary alicyclic amines) is 1. The molecule has 2 N–H and O–H groups in total. The molecule has 2 aliphatic rings. The van der Waals surface area contributed by atoms with Crippen molar-refractivity contribution in [1.29, 1.82) is 0 Å². The Morgan fingerprint density at radius 2 is 1.75 bits per heavy atom. The maximum Gasteiger partial charge on any atom is 0.319 e. The van der Waals surface area contributed by atoms with Gasteiger partial charge in [0, 0.05) is 26.2 Å². The standard InChI is InChI=1S/C17H27N5O2/c1-21-15(16(23)22-10-6-3-7-11-22)14(12-18-21)20-17(24)19-13-8-4-2-5-9-13/h12-13H,2-11H2,1H3,(H2,19,20,24). The second-order valence-corrected chi connectivity index (χ2v) is 6.82. The van der Waals surface area contributed by atoms with Gasteiger partial charge in [0.15, 0.2) is 0 Å². The highest BCUT2D eigenvalue weighted by atomic mass is 16.2. The quantitative estimate of drug-likeness (QED) is 0.892. The highest BCUT2D eigenvalue weighted by Gasteiger charge is 2.25. The molecular formula is C17H27N5O2. The van der Waals surface area contributed by atoms with Crippen molar-refractivity contribution in [1.82, 2.24) is 20.0 Å². The van der Waals surface area contributed by atoms with Crippen molar-refractivity contribution in [2.24, 2.45) is 7.05 Å². The minimum atomic E-state index is -0.248. The molecule has 0 unspecified atom stereocenters. The highest BCUT2D eigenvalue weighted by molar-refractivity contribution is 6.02. The van der Waals surface area contributed by atoms with Gasteiger partial charge in [-0.2, -0.15) is 5.10 Å². The van der Waals surface area contributed by atoms with E-state index in [0.29, 0.717) is 11.4 Å². The van der Waals surface area contributed by atoms with Gasteiger partial charge in [0.1, 0.15) is 5.69 Å². The van der Waals surface area contributed by atoms with Crippen LogP contribution in [0, 0.1) is 0 Å². The van der Waals surface area contributed by atoms with E-state index < -0.39 is 0 Å². The van der Waals surface area contributed by atoms with E-state index in [-0.39, 0.29) is 18.0 Å². The third kappa shape index (κ3) is 3.88. The summed E-state index contributed by atoms with van der Waals surface area (Å²) >= 11 is 0. The Morgan fingerprint density at radius 1 is 1.08 bits per heavy atom. The van der Waals surface area contributed by atoms with Gasteiger partial charge in [-0.05, 0) is 32.1 Å². The summed E-state index contributed by atoms with van der Waals surface area (Å²) < 4.78 is 1.55. The topological polar surface area (TPSA) is 79.3 Å². The minimum Gasteiger partial charge on any atom is -0.337 e. The predicted molar refractivity (Wildman–Crippen MR) is 92.0 cm³/mol. The molecule has 0 spiro atoms. The molecule has 2 heterocycles.